The van der Waals surface area contributed by atoms with Crippen LogP contribution in [0.4, 0.5) is 0 Å². The first kappa shape index (κ1) is 23.5. The minimum Gasteiger partial charge on any atom is -0.493 e. The van der Waals surface area contributed by atoms with Gasteiger partial charge in [0.2, 0.25) is 5.43 Å². The number of ether oxygens (including phenoxy) is 3. The van der Waals surface area contributed by atoms with Gasteiger partial charge in [0.1, 0.15) is 0 Å². The first-order chi connectivity index (χ1) is 15.9. The molecule has 1 aromatic heterocycles. The number of aryl methyl sites for hydroxylation is 1. The number of aromatic nitrogens is 2. The molecule has 0 fully saturated rings. The Labute approximate surface area is 190 Å². The van der Waals surface area contributed by atoms with E-state index in [2.05, 4.69) is 10.4 Å². The average Bonchev–Trinajstić information content (AvgIpc) is 2.83. The van der Waals surface area contributed by atoms with E-state index in [-0.39, 0.29) is 12.1 Å². The van der Waals surface area contributed by atoms with Crippen molar-refractivity contribution in [1.29, 1.82) is 0 Å². The average molecular weight is 451 g/mol. The summed E-state index contributed by atoms with van der Waals surface area (Å²) in [6, 6.07) is 14.7. The molecule has 0 saturated carbocycles. The van der Waals surface area contributed by atoms with Gasteiger partial charge in [-0.3, -0.25) is 14.4 Å². The molecule has 0 spiro atoms. The molecule has 3 rings (SSSR count). The van der Waals surface area contributed by atoms with Gasteiger partial charge in [-0.15, -0.1) is 0 Å². The Morgan fingerprint density at radius 3 is 2.33 bits per heavy atom. The number of nitrogens with one attached hydrogen (secondary N) is 1. The first-order valence-corrected chi connectivity index (χ1v) is 10.1. The molecule has 9 heteroatoms. The van der Waals surface area contributed by atoms with Crippen molar-refractivity contribution in [1.82, 2.24) is 15.1 Å². The van der Waals surface area contributed by atoms with Crippen LogP contribution in [-0.2, 0) is 9.53 Å². The van der Waals surface area contributed by atoms with Crippen LogP contribution in [0.25, 0.3) is 5.69 Å². The molecule has 0 bridgehead atoms. The molecular formula is C24H25N3O6. The van der Waals surface area contributed by atoms with E-state index in [1.807, 2.05) is 30.3 Å². The van der Waals surface area contributed by atoms with E-state index in [1.54, 1.807) is 25.1 Å². The number of hydrogen-bond donors (Lipinski definition) is 1. The molecule has 0 unspecified atom stereocenters. The highest BCUT2D eigenvalue weighted by molar-refractivity contribution is 5.92. The zero-order chi connectivity index (χ0) is 24.0. The number of methoxy groups -OCH3 is 3. The third kappa shape index (κ3) is 5.38. The lowest BCUT2D eigenvalue weighted by molar-refractivity contribution is -0.141. The van der Waals surface area contributed by atoms with Crippen molar-refractivity contribution >= 4 is 11.9 Å². The maximum absolute atomic E-state index is 13.1. The highest BCUT2D eigenvalue weighted by Crippen LogP contribution is 2.31. The number of carbonyl (C=O) groups excluding carboxylic acids is 2. The lowest BCUT2D eigenvalue weighted by Crippen LogP contribution is -2.35. The molecule has 9 nitrogen and oxygen atoms in total. The molecule has 1 N–H and O–H groups in total. The van der Waals surface area contributed by atoms with Crippen molar-refractivity contribution in [2.75, 3.05) is 21.3 Å². The summed E-state index contributed by atoms with van der Waals surface area (Å²) in [4.78, 5) is 37.7. The molecule has 0 aliphatic carbocycles. The van der Waals surface area contributed by atoms with Crippen molar-refractivity contribution in [3.05, 3.63) is 81.8 Å². The predicted molar refractivity (Wildman–Crippen MR) is 121 cm³/mol. The SMILES string of the molecule is COC(=O)C[C@H](NC(=O)c1nn(-c2ccccc2)c(C)cc1=O)c1ccc(OC)c(OC)c1. The van der Waals surface area contributed by atoms with Crippen molar-refractivity contribution in [2.45, 2.75) is 19.4 Å². The van der Waals surface area contributed by atoms with E-state index in [0.717, 1.165) is 0 Å². The standard InChI is InChI=1S/C24H25N3O6/c1-15-12-19(28)23(26-27(15)17-8-6-5-7-9-17)24(30)25-18(14-22(29)33-4)16-10-11-20(31-2)21(13-16)32-3/h5-13,18H,14H2,1-4H3,(H,25,30)/t18-/m0/s1. The molecule has 0 aliphatic heterocycles. The second kappa shape index (κ2) is 10.4. The fourth-order valence-corrected chi connectivity index (χ4v) is 3.33. The van der Waals surface area contributed by atoms with Gasteiger partial charge in [0.05, 0.1) is 39.5 Å². The third-order valence-electron chi connectivity index (χ3n) is 5.04. The van der Waals surface area contributed by atoms with Gasteiger partial charge < -0.3 is 19.5 Å². The molecule has 0 radical (unpaired) electrons. The third-order valence-corrected chi connectivity index (χ3v) is 5.04. The van der Waals surface area contributed by atoms with Crippen LogP contribution in [0.5, 0.6) is 11.5 Å². The minimum absolute atomic E-state index is 0.156. The number of nitrogens with zero attached hydrogens (tertiary/aromatic N) is 2. The number of rotatable bonds is 8. The Kier molecular flexibility index (Phi) is 7.45. The zero-order valence-electron chi connectivity index (χ0n) is 18.8. The van der Waals surface area contributed by atoms with Gasteiger partial charge in [-0.05, 0) is 36.8 Å². The van der Waals surface area contributed by atoms with Crippen LogP contribution in [-0.4, -0.2) is 43.0 Å². The second-order valence-corrected chi connectivity index (χ2v) is 7.17. The smallest absolute Gasteiger partial charge is 0.307 e. The van der Waals surface area contributed by atoms with Gasteiger partial charge in [-0.25, -0.2) is 4.68 Å². The Morgan fingerprint density at radius 1 is 1.00 bits per heavy atom. The maximum atomic E-state index is 13.1. The van der Waals surface area contributed by atoms with Crippen LogP contribution >= 0.6 is 0 Å². The van der Waals surface area contributed by atoms with E-state index in [9.17, 15) is 14.4 Å². The zero-order valence-corrected chi connectivity index (χ0v) is 18.8. The summed E-state index contributed by atoms with van der Waals surface area (Å²) >= 11 is 0. The van der Waals surface area contributed by atoms with Crippen molar-refractivity contribution in [3.8, 4) is 17.2 Å². The lowest BCUT2D eigenvalue weighted by atomic mass is 10.0. The number of hydrogen-bond acceptors (Lipinski definition) is 7. The van der Waals surface area contributed by atoms with Gasteiger partial charge in [0.15, 0.2) is 17.2 Å². The molecular weight excluding hydrogens is 426 g/mol. The van der Waals surface area contributed by atoms with Crippen LogP contribution in [0, 0.1) is 6.92 Å². The summed E-state index contributed by atoms with van der Waals surface area (Å²) in [7, 11) is 4.25. The summed E-state index contributed by atoms with van der Waals surface area (Å²) in [5, 5.41) is 7.01. The monoisotopic (exact) mass is 451 g/mol. The predicted octanol–water partition coefficient (Wildman–Crippen LogP) is 2.59. The van der Waals surface area contributed by atoms with E-state index < -0.39 is 23.3 Å². The van der Waals surface area contributed by atoms with E-state index in [1.165, 1.54) is 32.1 Å². The van der Waals surface area contributed by atoms with Crippen LogP contribution in [0.3, 0.4) is 0 Å². The van der Waals surface area contributed by atoms with Crippen LogP contribution in [0.2, 0.25) is 0 Å². The second-order valence-electron chi connectivity index (χ2n) is 7.17. The van der Waals surface area contributed by atoms with Gasteiger partial charge in [0, 0.05) is 11.8 Å². The van der Waals surface area contributed by atoms with E-state index in [4.69, 9.17) is 14.2 Å². The number of benzene rings is 2. The summed E-state index contributed by atoms with van der Waals surface area (Å²) in [6.45, 7) is 1.73. The molecule has 172 valence electrons. The fraction of sp³-hybridized carbons (Fsp3) is 0.250. The summed E-state index contributed by atoms with van der Waals surface area (Å²) in [5.74, 6) is -0.323. The Bertz CT molecular complexity index is 1210. The molecule has 1 atom stereocenters. The van der Waals surface area contributed by atoms with Gasteiger partial charge in [-0.1, -0.05) is 24.3 Å². The molecule has 0 saturated heterocycles. The molecule has 0 aliphatic rings. The van der Waals surface area contributed by atoms with Gasteiger partial charge in [-0.2, -0.15) is 5.10 Å². The molecule has 3 aromatic rings. The maximum Gasteiger partial charge on any atom is 0.307 e. The molecule has 33 heavy (non-hydrogen) atoms. The minimum atomic E-state index is -0.794. The fourth-order valence-electron chi connectivity index (χ4n) is 3.33. The van der Waals surface area contributed by atoms with Crippen molar-refractivity contribution in [2.24, 2.45) is 0 Å². The van der Waals surface area contributed by atoms with E-state index >= 15 is 0 Å². The molecule has 2 aromatic carbocycles. The van der Waals surface area contributed by atoms with Crippen LogP contribution in [0.15, 0.2) is 59.4 Å². The number of esters is 1. The molecule has 1 heterocycles. The Morgan fingerprint density at radius 2 is 1.70 bits per heavy atom. The Hall–Kier alpha value is -4.14. The Balaban J connectivity index is 1.98. The van der Waals surface area contributed by atoms with Crippen molar-refractivity contribution < 1.29 is 23.8 Å². The summed E-state index contributed by atoms with van der Waals surface area (Å²) < 4.78 is 16.9. The first-order valence-electron chi connectivity index (χ1n) is 10.1. The summed E-state index contributed by atoms with van der Waals surface area (Å²) in [6.07, 6.45) is -0.156. The highest BCUT2D eigenvalue weighted by atomic mass is 16.5. The summed E-state index contributed by atoms with van der Waals surface area (Å²) in [5.41, 5.74) is 1.03. The van der Waals surface area contributed by atoms with E-state index in [0.29, 0.717) is 28.4 Å². The molecule has 1 amide bonds. The highest BCUT2D eigenvalue weighted by Gasteiger charge is 2.24. The van der Waals surface area contributed by atoms with Gasteiger partial charge >= 0.3 is 5.97 Å². The topological polar surface area (TPSA) is 109 Å². The van der Waals surface area contributed by atoms with Gasteiger partial charge in [0.25, 0.3) is 5.91 Å². The number of amides is 1. The number of carbonyl (C=O) groups is 2. The largest absolute Gasteiger partial charge is 0.493 e. The van der Waals surface area contributed by atoms with Crippen LogP contribution in [0.1, 0.15) is 34.2 Å². The quantitative estimate of drug-likeness (QED) is 0.525. The normalized spacial score (nSPS) is 11.4. The lowest BCUT2D eigenvalue weighted by Gasteiger charge is -2.20. The van der Waals surface area contributed by atoms with Crippen molar-refractivity contribution in [3.63, 3.8) is 0 Å². The number of para-hydroxylation sites is 1. The van der Waals surface area contributed by atoms with Crippen LogP contribution < -0.4 is 20.2 Å².